The first-order chi connectivity index (χ1) is 8.29. The van der Waals surface area contributed by atoms with Crippen LogP contribution in [0, 0.1) is 5.41 Å². The van der Waals surface area contributed by atoms with Gasteiger partial charge < -0.3 is 16.0 Å². The van der Waals surface area contributed by atoms with Crippen molar-refractivity contribution in [2.45, 2.75) is 58.2 Å². The molecule has 0 aromatic heterocycles. The number of halogens is 1. The fourth-order valence-corrected chi connectivity index (χ4v) is 2.25. The molecule has 2 fully saturated rings. The number of hydrogen-bond donors (Lipinski definition) is 2. The Labute approximate surface area is 120 Å². The van der Waals surface area contributed by atoms with E-state index >= 15 is 0 Å². The summed E-state index contributed by atoms with van der Waals surface area (Å²) in [6, 6.07) is -0.183. The molecule has 2 amide bonds. The molecule has 0 bridgehead atoms. The van der Waals surface area contributed by atoms with Crippen molar-refractivity contribution < 1.29 is 9.59 Å². The van der Waals surface area contributed by atoms with Gasteiger partial charge in [-0.2, -0.15) is 0 Å². The van der Waals surface area contributed by atoms with E-state index in [-0.39, 0.29) is 35.7 Å². The number of carbonyl (C=O) groups is 2. The van der Waals surface area contributed by atoms with Crippen LogP contribution >= 0.6 is 12.4 Å². The first-order valence-corrected chi connectivity index (χ1v) is 6.64. The van der Waals surface area contributed by atoms with Crippen LogP contribution in [0.1, 0.15) is 40.0 Å². The predicted molar refractivity (Wildman–Crippen MR) is 76.0 cm³/mol. The first kappa shape index (κ1) is 16.2. The topological polar surface area (TPSA) is 75.4 Å². The van der Waals surface area contributed by atoms with Gasteiger partial charge in [-0.15, -0.1) is 12.4 Å². The van der Waals surface area contributed by atoms with Crippen molar-refractivity contribution in [2.24, 2.45) is 11.1 Å². The average molecular weight is 290 g/mol. The minimum atomic E-state index is -0.539. The zero-order chi connectivity index (χ0) is 13.5. The van der Waals surface area contributed by atoms with E-state index < -0.39 is 6.04 Å². The van der Waals surface area contributed by atoms with Crippen LogP contribution in [0.15, 0.2) is 0 Å². The molecule has 1 heterocycles. The van der Waals surface area contributed by atoms with Gasteiger partial charge in [0.1, 0.15) is 0 Å². The fraction of sp³-hybridized carbons (Fsp3) is 0.846. The van der Waals surface area contributed by atoms with E-state index in [0.29, 0.717) is 19.0 Å². The molecule has 2 rings (SSSR count). The molecule has 5 nitrogen and oxygen atoms in total. The summed E-state index contributed by atoms with van der Waals surface area (Å²) in [5.74, 6) is 0.00470. The van der Waals surface area contributed by atoms with E-state index in [2.05, 4.69) is 5.32 Å². The maximum Gasteiger partial charge on any atom is 0.237 e. The number of likely N-dealkylation sites (tertiary alicyclic amines) is 1. The van der Waals surface area contributed by atoms with E-state index in [1.807, 2.05) is 25.7 Å². The normalized spacial score (nSPS) is 24.9. The highest BCUT2D eigenvalue weighted by atomic mass is 35.5. The maximum absolute atomic E-state index is 12.0. The van der Waals surface area contributed by atoms with Gasteiger partial charge in [-0.3, -0.25) is 9.59 Å². The summed E-state index contributed by atoms with van der Waals surface area (Å²) in [4.78, 5) is 25.6. The Morgan fingerprint density at radius 2 is 2.00 bits per heavy atom. The molecule has 1 aliphatic heterocycles. The molecule has 0 spiro atoms. The summed E-state index contributed by atoms with van der Waals surface area (Å²) < 4.78 is 0. The van der Waals surface area contributed by atoms with E-state index in [4.69, 9.17) is 5.73 Å². The van der Waals surface area contributed by atoms with Gasteiger partial charge in [0.2, 0.25) is 11.8 Å². The molecule has 0 aromatic carbocycles. The van der Waals surface area contributed by atoms with Crippen LogP contribution in [-0.4, -0.2) is 41.4 Å². The molecule has 1 aliphatic carbocycles. The van der Waals surface area contributed by atoms with Crippen molar-refractivity contribution in [3.8, 4) is 0 Å². The third-order valence-corrected chi connectivity index (χ3v) is 3.71. The van der Waals surface area contributed by atoms with Gasteiger partial charge in [-0.25, -0.2) is 0 Å². The quantitative estimate of drug-likeness (QED) is 0.801. The predicted octanol–water partition coefficient (Wildman–Crippen LogP) is 0.661. The third-order valence-electron chi connectivity index (χ3n) is 3.71. The largest absolute Gasteiger partial charge is 0.350 e. The van der Waals surface area contributed by atoms with Crippen LogP contribution in [0.3, 0.4) is 0 Å². The molecular formula is C13H24ClN3O2. The van der Waals surface area contributed by atoms with E-state index in [0.717, 1.165) is 12.8 Å². The molecule has 6 heteroatoms. The molecular weight excluding hydrogens is 266 g/mol. The second-order valence-corrected chi connectivity index (χ2v) is 6.53. The van der Waals surface area contributed by atoms with Crippen molar-refractivity contribution in [3.63, 3.8) is 0 Å². The number of amides is 2. The highest BCUT2D eigenvalue weighted by Gasteiger charge is 2.40. The Bertz CT molecular complexity index is 363. The van der Waals surface area contributed by atoms with Gasteiger partial charge in [0.05, 0.1) is 12.1 Å². The number of nitrogens with one attached hydrogen (secondary N) is 1. The third kappa shape index (κ3) is 3.83. The van der Waals surface area contributed by atoms with E-state index in [9.17, 15) is 9.59 Å². The van der Waals surface area contributed by atoms with Crippen LogP contribution in [0.5, 0.6) is 0 Å². The molecule has 2 aliphatic rings. The lowest BCUT2D eigenvalue weighted by Gasteiger charge is -2.27. The van der Waals surface area contributed by atoms with Gasteiger partial charge >= 0.3 is 0 Å². The Morgan fingerprint density at radius 3 is 2.47 bits per heavy atom. The van der Waals surface area contributed by atoms with Crippen molar-refractivity contribution in [1.29, 1.82) is 0 Å². The fourth-order valence-electron chi connectivity index (χ4n) is 2.25. The van der Waals surface area contributed by atoms with Gasteiger partial charge in [-0.05, 0) is 18.3 Å². The molecule has 110 valence electrons. The Morgan fingerprint density at radius 1 is 1.42 bits per heavy atom. The smallest absolute Gasteiger partial charge is 0.237 e. The summed E-state index contributed by atoms with van der Waals surface area (Å²) in [5.41, 5.74) is 5.64. The average Bonchev–Trinajstić information content (AvgIpc) is 3.02. The van der Waals surface area contributed by atoms with Gasteiger partial charge in [0.25, 0.3) is 0 Å². The zero-order valence-corrected chi connectivity index (χ0v) is 12.6. The van der Waals surface area contributed by atoms with Crippen molar-refractivity contribution in [2.75, 3.05) is 6.54 Å². The lowest BCUT2D eigenvalue weighted by atomic mass is 9.87. The highest BCUT2D eigenvalue weighted by molar-refractivity contribution is 5.85. The number of nitrogens with zero attached hydrogens (tertiary/aromatic N) is 1. The van der Waals surface area contributed by atoms with Crippen LogP contribution < -0.4 is 11.1 Å². The molecule has 1 unspecified atom stereocenters. The Hall–Kier alpha value is -0.810. The number of carbonyl (C=O) groups excluding carboxylic acids is 2. The van der Waals surface area contributed by atoms with Crippen molar-refractivity contribution in [3.05, 3.63) is 0 Å². The second-order valence-electron chi connectivity index (χ2n) is 6.53. The standard InChI is InChI=1S/C13H23N3O2.ClH/c1-13(2,3)11(14)12(18)15-8-6-10(17)16(7-8)9-4-5-9;/h8-9,11H,4-7,14H2,1-3H3,(H,15,18);1H/t8?,11-;/m1./s1. The van der Waals surface area contributed by atoms with Crippen LogP contribution in [0.4, 0.5) is 0 Å². The summed E-state index contributed by atoms with van der Waals surface area (Å²) in [5, 5.41) is 2.90. The lowest BCUT2D eigenvalue weighted by molar-refractivity contribution is -0.128. The molecule has 3 N–H and O–H groups in total. The highest BCUT2D eigenvalue weighted by Crippen LogP contribution is 2.30. The van der Waals surface area contributed by atoms with Crippen LogP contribution in [0.2, 0.25) is 0 Å². The minimum absolute atomic E-state index is 0. The zero-order valence-electron chi connectivity index (χ0n) is 11.8. The summed E-state index contributed by atoms with van der Waals surface area (Å²) in [7, 11) is 0. The van der Waals surface area contributed by atoms with E-state index in [1.165, 1.54) is 0 Å². The van der Waals surface area contributed by atoms with Gasteiger partial charge in [-0.1, -0.05) is 20.8 Å². The first-order valence-electron chi connectivity index (χ1n) is 6.64. The molecule has 0 aromatic rings. The summed E-state index contributed by atoms with van der Waals surface area (Å²) in [6.07, 6.45) is 2.63. The number of rotatable bonds is 3. The monoisotopic (exact) mass is 289 g/mol. The van der Waals surface area contributed by atoms with Crippen LogP contribution in [0.25, 0.3) is 0 Å². The van der Waals surface area contributed by atoms with Crippen LogP contribution in [-0.2, 0) is 9.59 Å². The summed E-state index contributed by atoms with van der Waals surface area (Å²) in [6.45, 7) is 6.46. The Balaban J connectivity index is 0.00000180. The maximum atomic E-state index is 12.0. The number of hydrogen-bond acceptors (Lipinski definition) is 3. The van der Waals surface area contributed by atoms with Crippen molar-refractivity contribution >= 4 is 24.2 Å². The molecule has 0 radical (unpaired) electrons. The molecule has 2 atom stereocenters. The van der Waals surface area contributed by atoms with Crippen molar-refractivity contribution in [1.82, 2.24) is 10.2 Å². The summed E-state index contributed by atoms with van der Waals surface area (Å²) >= 11 is 0. The van der Waals surface area contributed by atoms with Gasteiger partial charge in [0.15, 0.2) is 0 Å². The molecule has 1 saturated heterocycles. The molecule has 19 heavy (non-hydrogen) atoms. The second kappa shape index (κ2) is 5.67. The van der Waals surface area contributed by atoms with E-state index in [1.54, 1.807) is 0 Å². The number of nitrogens with two attached hydrogens (primary N) is 1. The molecule has 1 saturated carbocycles. The lowest BCUT2D eigenvalue weighted by Crippen LogP contribution is -2.51. The SMILES string of the molecule is CC(C)(C)[C@H](N)C(=O)NC1CC(=O)N(C2CC2)C1.Cl. The van der Waals surface area contributed by atoms with Gasteiger partial charge in [0, 0.05) is 19.0 Å². The Kier molecular flexibility index (Phi) is 4.85. The minimum Gasteiger partial charge on any atom is -0.350 e.